The van der Waals surface area contributed by atoms with E-state index < -0.39 is 0 Å². The summed E-state index contributed by atoms with van der Waals surface area (Å²) in [6, 6.07) is 5.95. The van der Waals surface area contributed by atoms with Gasteiger partial charge in [-0.2, -0.15) is 0 Å². The second kappa shape index (κ2) is 9.78. The number of carbonyl (C=O) groups is 1. The molecule has 2 unspecified atom stereocenters. The number of aryl methyl sites for hydroxylation is 1. The molecule has 0 bridgehead atoms. The van der Waals surface area contributed by atoms with Gasteiger partial charge in [-0.25, -0.2) is 4.98 Å². The summed E-state index contributed by atoms with van der Waals surface area (Å²) in [6.45, 7) is 6.55. The van der Waals surface area contributed by atoms with E-state index in [9.17, 15) is 4.79 Å². The van der Waals surface area contributed by atoms with Crippen LogP contribution in [-0.4, -0.2) is 53.0 Å². The van der Waals surface area contributed by atoms with Crippen LogP contribution in [0, 0.1) is 12.8 Å². The van der Waals surface area contributed by atoms with E-state index >= 15 is 0 Å². The molecule has 1 amide bonds. The van der Waals surface area contributed by atoms with Gasteiger partial charge in [0.25, 0.3) is 0 Å². The molecule has 3 rings (SSSR count). The first kappa shape index (κ1) is 21.2. The largest absolute Gasteiger partial charge is 0.356 e. The number of amides is 1. The number of rotatable bonds is 5. The van der Waals surface area contributed by atoms with Gasteiger partial charge in [-0.3, -0.25) is 9.79 Å². The Kier molecular flexibility index (Phi) is 7.14. The summed E-state index contributed by atoms with van der Waals surface area (Å²) in [5.74, 6) is 1.31. The molecule has 1 aromatic carbocycles. The summed E-state index contributed by atoms with van der Waals surface area (Å²) >= 11 is 6.19. The highest BCUT2D eigenvalue weighted by molar-refractivity contribution is 6.33. The number of halogens is 1. The summed E-state index contributed by atoms with van der Waals surface area (Å²) in [7, 11) is 1.78. The zero-order chi connectivity index (χ0) is 20.8. The van der Waals surface area contributed by atoms with Crippen LogP contribution in [0.5, 0.6) is 0 Å². The fraction of sp³-hybridized carbons (Fsp3) is 0.476. The number of aliphatic imine (C=N–C) groups is 1. The van der Waals surface area contributed by atoms with Gasteiger partial charge in [0.15, 0.2) is 5.96 Å². The summed E-state index contributed by atoms with van der Waals surface area (Å²) in [6.07, 6.45) is 7.12. The number of likely N-dealkylation sites (tertiary alicyclic amines) is 1. The van der Waals surface area contributed by atoms with E-state index in [4.69, 9.17) is 11.6 Å². The minimum atomic E-state index is -0.0812. The molecule has 0 radical (unpaired) electrons. The predicted molar refractivity (Wildman–Crippen MR) is 117 cm³/mol. The van der Waals surface area contributed by atoms with Crippen molar-refractivity contribution in [2.45, 2.75) is 32.7 Å². The van der Waals surface area contributed by atoms with Crippen LogP contribution in [0.3, 0.4) is 0 Å². The van der Waals surface area contributed by atoms with Gasteiger partial charge < -0.3 is 20.1 Å². The molecular weight excluding hydrogens is 388 g/mol. The second-order valence-corrected chi connectivity index (χ2v) is 7.95. The minimum absolute atomic E-state index is 0.0812. The van der Waals surface area contributed by atoms with Crippen LogP contribution in [0.2, 0.25) is 5.02 Å². The van der Waals surface area contributed by atoms with E-state index in [-0.39, 0.29) is 5.91 Å². The molecule has 7 nitrogen and oxygen atoms in total. The standard InChI is InChI=1S/C21H29ClN6O/c1-15-4-5-18(17(22)12-15)26-20(29)6-8-25-21(23-3)27-10-7-16(2)19(13-27)28-11-9-24-14-28/h4-5,9,11-12,14,16,19H,6-8,10,13H2,1-3H3,(H,23,25)(H,26,29). The quantitative estimate of drug-likeness (QED) is 0.579. The van der Waals surface area contributed by atoms with E-state index in [1.54, 1.807) is 7.05 Å². The smallest absolute Gasteiger partial charge is 0.226 e. The zero-order valence-electron chi connectivity index (χ0n) is 17.2. The number of hydrogen-bond acceptors (Lipinski definition) is 3. The first-order valence-electron chi connectivity index (χ1n) is 9.97. The highest BCUT2D eigenvalue weighted by atomic mass is 35.5. The lowest BCUT2D eigenvalue weighted by Gasteiger charge is -2.39. The first-order chi connectivity index (χ1) is 14.0. The van der Waals surface area contributed by atoms with Crippen LogP contribution in [-0.2, 0) is 4.79 Å². The summed E-state index contributed by atoms with van der Waals surface area (Å²) in [5, 5.41) is 6.73. The van der Waals surface area contributed by atoms with E-state index in [1.807, 2.05) is 43.8 Å². The third-order valence-corrected chi connectivity index (χ3v) is 5.68. The lowest BCUT2D eigenvalue weighted by Crippen LogP contribution is -2.49. The van der Waals surface area contributed by atoms with Gasteiger partial charge in [-0.15, -0.1) is 0 Å². The highest BCUT2D eigenvalue weighted by Gasteiger charge is 2.28. The number of hydrogen-bond donors (Lipinski definition) is 2. The monoisotopic (exact) mass is 416 g/mol. The molecule has 156 valence electrons. The van der Waals surface area contributed by atoms with E-state index in [2.05, 4.69) is 37.0 Å². The fourth-order valence-electron chi connectivity index (χ4n) is 3.65. The van der Waals surface area contributed by atoms with Gasteiger partial charge in [0.1, 0.15) is 0 Å². The van der Waals surface area contributed by atoms with Crippen molar-refractivity contribution in [3.05, 3.63) is 47.5 Å². The number of nitrogens with zero attached hydrogens (tertiary/aromatic N) is 4. The Balaban J connectivity index is 1.50. The molecule has 29 heavy (non-hydrogen) atoms. The molecule has 8 heteroatoms. The molecule has 0 aliphatic carbocycles. The molecule has 1 aromatic heterocycles. The van der Waals surface area contributed by atoms with E-state index in [0.717, 1.165) is 31.0 Å². The summed E-state index contributed by atoms with van der Waals surface area (Å²) < 4.78 is 2.17. The normalized spacial score (nSPS) is 19.9. The van der Waals surface area contributed by atoms with Gasteiger partial charge >= 0.3 is 0 Å². The number of carbonyl (C=O) groups excluding carboxylic acids is 1. The molecule has 1 saturated heterocycles. The fourth-order valence-corrected chi connectivity index (χ4v) is 3.93. The van der Waals surface area contributed by atoms with Crippen molar-refractivity contribution in [1.82, 2.24) is 19.8 Å². The zero-order valence-corrected chi connectivity index (χ0v) is 18.0. The first-order valence-corrected chi connectivity index (χ1v) is 10.3. The van der Waals surface area contributed by atoms with Crippen LogP contribution >= 0.6 is 11.6 Å². The predicted octanol–water partition coefficient (Wildman–Crippen LogP) is 3.33. The third-order valence-electron chi connectivity index (χ3n) is 5.37. The van der Waals surface area contributed by atoms with Crippen LogP contribution in [0.4, 0.5) is 5.69 Å². The molecule has 0 spiro atoms. The molecule has 2 aromatic rings. The molecule has 1 aliphatic rings. The van der Waals surface area contributed by atoms with E-state index in [0.29, 0.717) is 35.6 Å². The van der Waals surface area contributed by atoms with Crippen molar-refractivity contribution >= 4 is 29.2 Å². The van der Waals surface area contributed by atoms with Crippen molar-refractivity contribution in [3.8, 4) is 0 Å². The number of piperidine rings is 1. The molecular formula is C21H29ClN6O. The Morgan fingerprint density at radius 2 is 2.24 bits per heavy atom. The number of aromatic nitrogens is 2. The number of guanidine groups is 1. The lowest BCUT2D eigenvalue weighted by molar-refractivity contribution is -0.116. The average Bonchev–Trinajstić information content (AvgIpc) is 3.23. The number of imidazole rings is 1. The number of benzene rings is 1. The van der Waals surface area contributed by atoms with Crippen LogP contribution < -0.4 is 10.6 Å². The Bertz CT molecular complexity index is 851. The van der Waals surface area contributed by atoms with Gasteiger partial charge in [-0.1, -0.05) is 24.6 Å². The van der Waals surface area contributed by atoms with Crippen molar-refractivity contribution in [3.63, 3.8) is 0 Å². The second-order valence-electron chi connectivity index (χ2n) is 7.54. The van der Waals surface area contributed by atoms with Crippen molar-refractivity contribution in [1.29, 1.82) is 0 Å². The molecule has 2 heterocycles. The summed E-state index contributed by atoms with van der Waals surface area (Å²) in [4.78, 5) is 23.1. The van der Waals surface area contributed by atoms with Crippen molar-refractivity contribution < 1.29 is 4.79 Å². The Morgan fingerprint density at radius 3 is 2.93 bits per heavy atom. The van der Waals surface area contributed by atoms with Gasteiger partial charge in [-0.05, 0) is 37.0 Å². The lowest BCUT2D eigenvalue weighted by atomic mass is 9.93. The Hall–Kier alpha value is -2.54. The molecule has 0 saturated carbocycles. The summed E-state index contributed by atoms with van der Waals surface area (Å²) in [5.41, 5.74) is 1.70. The van der Waals surface area contributed by atoms with Crippen LogP contribution in [0.1, 0.15) is 31.4 Å². The maximum absolute atomic E-state index is 12.3. The van der Waals surface area contributed by atoms with Crippen LogP contribution in [0.25, 0.3) is 0 Å². The van der Waals surface area contributed by atoms with Gasteiger partial charge in [0.2, 0.25) is 5.91 Å². The minimum Gasteiger partial charge on any atom is -0.356 e. The topological polar surface area (TPSA) is 74.6 Å². The van der Waals surface area contributed by atoms with Crippen molar-refractivity contribution in [2.75, 3.05) is 32.0 Å². The van der Waals surface area contributed by atoms with Gasteiger partial charge in [0, 0.05) is 45.5 Å². The van der Waals surface area contributed by atoms with E-state index in [1.165, 1.54) is 0 Å². The SMILES string of the molecule is CN=C(NCCC(=O)Nc1ccc(C)cc1Cl)N1CCC(C)C(n2ccnc2)C1. The molecule has 1 aliphatic heterocycles. The highest BCUT2D eigenvalue weighted by Crippen LogP contribution is 2.27. The molecule has 1 fully saturated rings. The maximum Gasteiger partial charge on any atom is 0.226 e. The Morgan fingerprint density at radius 1 is 1.41 bits per heavy atom. The van der Waals surface area contributed by atoms with Gasteiger partial charge in [0.05, 0.1) is 23.1 Å². The number of nitrogens with one attached hydrogen (secondary N) is 2. The number of anilines is 1. The van der Waals surface area contributed by atoms with Crippen molar-refractivity contribution in [2.24, 2.45) is 10.9 Å². The van der Waals surface area contributed by atoms with Crippen LogP contribution in [0.15, 0.2) is 41.9 Å². The maximum atomic E-state index is 12.3. The molecule has 2 atom stereocenters. The molecule has 2 N–H and O–H groups in total. The Labute approximate surface area is 177 Å². The average molecular weight is 417 g/mol. The third kappa shape index (κ3) is 5.50.